The molecule has 0 heterocycles. The van der Waals surface area contributed by atoms with E-state index in [0.717, 1.165) is 18.8 Å². The van der Waals surface area contributed by atoms with Crippen LogP contribution in [0.2, 0.25) is 0 Å². The number of hydrogen-bond acceptors (Lipinski definition) is 2. The molecule has 0 aromatic heterocycles. The Morgan fingerprint density at radius 2 is 2.25 bits per heavy atom. The standard InChI is InChI=1S/C14H23NO/c1-3-5-9-16-14-10-12(6-4-2)7-8-13(14)11-15/h3,5,12-14H,4,6-10H2,1-2H3. The molecule has 1 aliphatic carbocycles. The Morgan fingerprint density at radius 1 is 1.44 bits per heavy atom. The Hall–Kier alpha value is -0.810. The second-order valence-corrected chi connectivity index (χ2v) is 4.64. The van der Waals surface area contributed by atoms with Crippen LogP contribution in [-0.2, 0) is 4.74 Å². The van der Waals surface area contributed by atoms with E-state index in [1.54, 1.807) is 0 Å². The van der Waals surface area contributed by atoms with Crippen molar-refractivity contribution in [1.82, 2.24) is 0 Å². The Labute approximate surface area is 99.3 Å². The predicted octanol–water partition coefficient (Wildman–Crippen LogP) is 3.69. The first-order valence-electron chi connectivity index (χ1n) is 6.44. The lowest BCUT2D eigenvalue weighted by Crippen LogP contribution is -2.31. The molecule has 90 valence electrons. The Balaban J connectivity index is 2.44. The lowest BCUT2D eigenvalue weighted by atomic mass is 9.78. The van der Waals surface area contributed by atoms with Crippen LogP contribution in [0.15, 0.2) is 12.2 Å². The summed E-state index contributed by atoms with van der Waals surface area (Å²) in [4.78, 5) is 0. The number of ether oxygens (including phenoxy) is 1. The summed E-state index contributed by atoms with van der Waals surface area (Å²) in [7, 11) is 0. The van der Waals surface area contributed by atoms with Gasteiger partial charge in [-0.1, -0.05) is 31.9 Å². The van der Waals surface area contributed by atoms with Crippen LogP contribution in [0.3, 0.4) is 0 Å². The number of hydrogen-bond donors (Lipinski definition) is 0. The summed E-state index contributed by atoms with van der Waals surface area (Å²) in [6.07, 6.45) is 9.98. The highest BCUT2D eigenvalue weighted by atomic mass is 16.5. The summed E-state index contributed by atoms with van der Waals surface area (Å²) in [5.74, 6) is 0.878. The molecule has 0 amide bonds. The fourth-order valence-corrected chi connectivity index (χ4v) is 2.49. The largest absolute Gasteiger partial charge is 0.373 e. The third kappa shape index (κ3) is 3.98. The predicted molar refractivity (Wildman–Crippen MR) is 65.9 cm³/mol. The summed E-state index contributed by atoms with van der Waals surface area (Å²) in [6, 6.07) is 2.39. The van der Waals surface area contributed by atoms with Crippen LogP contribution >= 0.6 is 0 Å². The van der Waals surface area contributed by atoms with E-state index in [1.165, 1.54) is 19.3 Å². The molecule has 2 nitrogen and oxygen atoms in total. The quantitative estimate of drug-likeness (QED) is 0.663. The summed E-state index contributed by atoms with van der Waals surface area (Å²) in [5, 5.41) is 9.09. The van der Waals surface area contributed by atoms with Gasteiger partial charge in [-0.25, -0.2) is 0 Å². The third-order valence-corrected chi connectivity index (χ3v) is 3.41. The van der Waals surface area contributed by atoms with Crippen molar-refractivity contribution in [3.63, 3.8) is 0 Å². The van der Waals surface area contributed by atoms with E-state index in [1.807, 2.05) is 19.1 Å². The summed E-state index contributed by atoms with van der Waals surface area (Å²) in [6.45, 7) is 4.87. The van der Waals surface area contributed by atoms with Gasteiger partial charge in [-0.05, 0) is 32.1 Å². The highest BCUT2D eigenvalue weighted by Gasteiger charge is 2.30. The van der Waals surface area contributed by atoms with Crippen molar-refractivity contribution in [2.45, 2.75) is 52.1 Å². The van der Waals surface area contributed by atoms with E-state index in [4.69, 9.17) is 10.00 Å². The first-order chi connectivity index (χ1) is 7.81. The van der Waals surface area contributed by atoms with Crippen molar-refractivity contribution in [2.24, 2.45) is 11.8 Å². The molecular formula is C14H23NO. The maximum absolute atomic E-state index is 9.09. The van der Waals surface area contributed by atoms with Crippen LogP contribution in [-0.4, -0.2) is 12.7 Å². The fourth-order valence-electron chi connectivity index (χ4n) is 2.49. The molecule has 2 heteroatoms. The van der Waals surface area contributed by atoms with Gasteiger partial charge >= 0.3 is 0 Å². The van der Waals surface area contributed by atoms with Gasteiger partial charge < -0.3 is 4.74 Å². The van der Waals surface area contributed by atoms with Crippen LogP contribution in [0.4, 0.5) is 0 Å². The van der Waals surface area contributed by atoms with Gasteiger partial charge in [0.1, 0.15) is 0 Å². The van der Waals surface area contributed by atoms with Crippen molar-refractivity contribution in [3.8, 4) is 6.07 Å². The molecule has 3 atom stereocenters. The van der Waals surface area contributed by atoms with Crippen molar-refractivity contribution in [1.29, 1.82) is 5.26 Å². The Kier molecular flexibility index (Phi) is 6.18. The monoisotopic (exact) mass is 221 g/mol. The molecule has 0 aromatic rings. The van der Waals surface area contributed by atoms with Gasteiger partial charge in [0.2, 0.25) is 0 Å². The molecule has 16 heavy (non-hydrogen) atoms. The highest BCUT2D eigenvalue weighted by molar-refractivity contribution is 4.94. The van der Waals surface area contributed by atoms with Crippen molar-refractivity contribution < 1.29 is 4.74 Å². The minimum atomic E-state index is 0.110. The molecule has 3 unspecified atom stereocenters. The minimum absolute atomic E-state index is 0.110. The zero-order valence-electron chi connectivity index (χ0n) is 10.5. The second kappa shape index (κ2) is 7.46. The third-order valence-electron chi connectivity index (χ3n) is 3.41. The molecule has 1 rings (SSSR count). The van der Waals surface area contributed by atoms with E-state index >= 15 is 0 Å². The zero-order valence-corrected chi connectivity index (χ0v) is 10.5. The lowest BCUT2D eigenvalue weighted by molar-refractivity contribution is 0.00340. The molecule has 1 fully saturated rings. The molecule has 1 aliphatic rings. The zero-order chi connectivity index (χ0) is 11.8. The van der Waals surface area contributed by atoms with Crippen molar-refractivity contribution >= 4 is 0 Å². The van der Waals surface area contributed by atoms with Gasteiger partial charge in [0.25, 0.3) is 0 Å². The van der Waals surface area contributed by atoms with Gasteiger partial charge in [-0.15, -0.1) is 0 Å². The van der Waals surface area contributed by atoms with E-state index in [9.17, 15) is 0 Å². The minimum Gasteiger partial charge on any atom is -0.373 e. The van der Waals surface area contributed by atoms with Gasteiger partial charge in [-0.2, -0.15) is 5.26 Å². The van der Waals surface area contributed by atoms with Crippen LogP contribution in [0.5, 0.6) is 0 Å². The average molecular weight is 221 g/mol. The Morgan fingerprint density at radius 3 is 2.88 bits per heavy atom. The van der Waals surface area contributed by atoms with Crippen molar-refractivity contribution in [3.05, 3.63) is 12.2 Å². The molecule has 1 saturated carbocycles. The first-order valence-corrected chi connectivity index (χ1v) is 6.44. The van der Waals surface area contributed by atoms with E-state index in [2.05, 4.69) is 13.0 Å². The summed E-state index contributed by atoms with van der Waals surface area (Å²) >= 11 is 0. The first kappa shape index (κ1) is 13.3. The Bertz CT molecular complexity index is 254. The number of allylic oxidation sites excluding steroid dienone is 1. The van der Waals surface area contributed by atoms with Crippen molar-refractivity contribution in [2.75, 3.05) is 6.61 Å². The number of rotatable bonds is 5. The smallest absolute Gasteiger partial charge is 0.0740 e. The molecule has 0 spiro atoms. The molecule has 0 aliphatic heterocycles. The SMILES string of the molecule is CC=CCOC1CC(CCC)CCC1C#N. The summed E-state index contributed by atoms with van der Waals surface area (Å²) in [5.41, 5.74) is 0. The molecular weight excluding hydrogens is 198 g/mol. The van der Waals surface area contributed by atoms with E-state index in [-0.39, 0.29) is 12.0 Å². The fraction of sp³-hybridized carbons (Fsp3) is 0.786. The van der Waals surface area contributed by atoms with Gasteiger partial charge in [0.15, 0.2) is 0 Å². The maximum atomic E-state index is 9.09. The van der Waals surface area contributed by atoms with Gasteiger partial charge in [0.05, 0.1) is 24.7 Å². The molecule has 0 saturated heterocycles. The molecule has 0 N–H and O–H groups in total. The van der Waals surface area contributed by atoms with Crippen LogP contribution < -0.4 is 0 Å². The highest BCUT2D eigenvalue weighted by Crippen LogP contribution is 2.33. The lowest BCUT2D eigenvalue weighted by Gasteiger charge is -2.32. The number of nitriles is 1. The van der Waals surface area contributed by atoms with E-state index < -0.39 is 0 Å². The molecule has 0 aromatic carbocycles. The van der Waals surface area contributed by atoms with E-state index in [0.29, 0.717) is 6.61 Å². The molecule has 0 radical (unpaired) electrons. The average Bonchev–Trinajstić information content (AvgIpc) is 2.30. The van der Waals surface area contributed by atoms with Gasteiger partial charge in [-0.3, -0.25) is 0 Å². The second-order valence-electron chi connectivity index (χ2n) is 4.64. The van der Waals surface area contributed by atoms with Crippen LogP contribution in [0.25, 0.3) is 0 Å². The topological polar surface area (TPSA) is 33.0 Å². The number of nitrogens with zero attached hydrogens (tertiary/aromatic N) is 1. The molecule has 0 bridgehead atoms. The van der Waals surface area contributed by atoms with Crippen LogP contribution in [0, 0.1) is 23.2 Å². The van der Waals surface area contributed by atoms with Gasteiger partial charge in [0, 0.05) is 0 Å². The maximum Gasteiger partial charge on any atom is 0.0740 e. The normalized spacial score (nSPS) is 30.4. The summed E-state index contributed by atoms with van der Waals surface area (Å²) < 4.78 is 5.79. The van der Waals surface area contributed by atoms with Crippen LogP contribution in [0.1, 0.15) is 46.0 Å².